The minimum Gasteiger partial charge on any atom is -0.381 e. The van der Waals surface area contributed by atoms with Gasteiger partial charge in [0.05, 0.1) is 5.69 Å². The molecule has 1 saturated heterocycles. The molecule has 0 bridgehead atoms. The van der Waals surface area contributed by atoms with Crippen LogP contribution in [0, 0.1) is 20.8 Å². The molecule has 1 aliphatic rings. The molecule has 42 heavy (non-hydrogen) atoms. The molecule has 4 N–H and O–H groups in total. The molecule has 0 radical (unpaired) electrons. The van der Waals surface area contributed by atoms with E-state index in [1.54, 1.807) is 0 Å². The average molecular weight is 575 g/mol. The number of H-pyrrole nitrogens is 1. The van der Waals surface area contributed by atoms with Crippen LogP contribution in [0.1, 0.15) is 64.6 Å². The minimum atomic E-state index is -0.201. The van der Waals surface area contributed by atoms with E-state index < -0.39 is 0 Å². The zero-order chi connectivity index (χ0) is 30.1. The van der Waals surface area contributed by atoms with Crippen molar-refractivity contribution in [3.63, 3.8) is 0 Å². The third kappa shape index (κ3) is 7.85. The lowest BCUT2D eigenvalue weighted by Crippen LogP contribution is -2.40. The van der Waals surface area contributed by atoms with E-state index in [2.05, 4.69) is 44.9 Å². The predicted molar refractivity (Wildman–Crippen MR) is 169 cm³/mol. The Morgan fingerprint density at radius 2 is 1.86 bits per heavy atom. The second-order valence-electron chi connectivity index (χ2n) is 11.1. The van der Waals surface area contributed by atoms with Crippen LogP contribution in [0.25, 0.3) is 11.1 Å². The Kier molecular flexibility index (Phi) is 11.3. The average Bonchev–Trinajstić information content (AvgIpc) is 2.98. The topological polar surface area (TPSA) is 111 Å². The first-order chi connectivity index (χ1) is 20.3. The van der Waals surface area contributed by atoms with Crippen LogP contribution in [0.4, 0.5) is 5.69 Å². The Balaban J connectivity index is 1.64. The van der Waals surface area contributed by atoms with Crippen LogP contribution in [0.2, 0.25) is 0 Å². The van der Waals surface area contributed by atoms with E-state index in [-0.39, 0.29) is 18.0 Å². The van der Waals surface area contributed by atoms with Crippen molar-refractivity contribution in [1.82, 2.24) is 25.9 Å². The van der Waals surface area contributed by atoms with Crippen LogP contribution in [0.15, 0.2) is 41.3 Å². The third-order valence-corrected chi connectivity index (χ3v) is 8.07. The lowest BCUT2D eigenvalue weighted by Gasteiger charge is -2.37. The van der Waals surface area contributed by atoms with Crippen LogP contribution in [0.5, 0.6) is 0 Å². The second-order valence-corrected chi connectivity index (χ2v) is 11.1. The summed E-state index contributed by atoms with van der Waals surface area (Å²) in [6.45, 7) is 13.0. The first kappa shape index (κ1) is 31.4. The van der Waals surface area contributed by atoms with Crippen molar-refractivity contribution in [3.8, 4) is 11.1 Å². The molecule has 226 valence electrons. The molecule has 0 saturated carbocycles. The third-order valence-electron chi connectivity index (χ3n) is 8.07. The number of rotatable bonds is 13. The fraction of sp³-hybridized carbons (Fsp3) is 0.485. The monoisotopic (exact) mass is 574 g/mol. The molecule has 0 unspecified atom stereocenters. The van der Waals surface area contributed by atoms with Gasteiger partial charge in [0.15, 0.2) is 0 Å². The van der Waals surface area contributed by atoms with E-state index in [4.69, 9.17) is 9.72 Å². The van der Waals surface area contributed by atoms with Gasteiger partial charge in [-0.1, -0.05) is 6.07 Å². The van der Waals surface area contributed by atoms with E-state index in [0.29, 0.717) is 23.7 Å². The summed E-state index contributed by atoms with van der Waals surface area (Å²) in [6.07, 6.45) is 4.85. The molecule has 4 rings (SSSR count). The van der Waals surface area contributed by atoms with E-state index in [1.807, 2.05) is 52.2 Å². The molecule has 9 nitrogen and oxygen atoms in total. The predicted octanol–water partition coefficient (Wildman–Crippen LogP) is 4.00. The van der Waals surface area contributed by atoms with Gasteiger partial charge in [-0.25, -0.2) is 0 Å². The molecule has 3 heterocycles. The lowest BCUT2D eigenvalue weighted by molar-refractivity contribution is 0.0846. The van der Waals surface area contributed by atoms with Crippen molar-refractivity contribution >= 4 is 11.6 Å². The summed E-state index contributed by atoms with van der Waals surface area (Å²) < 4.78 is 5.64. The molecule has 1 fully saturated rings. The number of aromatic amines is 1. The van der Waals surface area contributed by atoms with Crippen molar-refractivity contribution in [2.24, 2.45) is 0 Å². The number of ether oxygens (including phenoxy) is 1. The largest absolute Gasteiger partial charge is 0.381 e. The van der Waals surface area contributed by atoms with Crippen LogP contribution in [-0.4, -0.2) is 61.8 Å². The molecule has 2 aromatic heterocycles. The van der Waals surface area contributed by atoms with Gasteiger partial charge in [0, 0.05) is 73.2 Å². The maximum absolute atomic E-state index is 13.7. The summed E-state index contributed by atoms with van der Waals surface area (Å²) in [5, 5.41) is 9.62. The molecule has 1 aromatic carbocycles. The molecule has 0 aliphatic carbocycles. The first-order valence-electron chi connectivity index (χ1n) is 15.1. The van der Waals surface area contributed by atoms with Gasteiger partial charge >= 0.3 is 0 Å². The van der Waals surface area contributed by atoms with E-state index in [1.165, 1.54) is 0 Å². The first-order valence-corrected chi connectivity index (χ1v) is 15.1. The number of carbonyl (C=O) groups is 1. The molecule has 1 amide bonds. The number of nitrogens with one attached hydrogen (secondary N) is 4. The highest BCUT2D eigenvalue weighted by Gasteiger charge is 2.25. The molecular formula is C33H46N6O3. The van der Waals surface area contributed by atoms with Crippen LogP contribution in [-0.2, 0) is 17.8 Å². The van der Waals surface area contributed by atoms with Crippen molar-refractivity contribution in [3.05, 3.63) is 80.5 Å². The number of hydrogen-bond donors (Lipinski definition) is 4. The Morgan fingerprint density at radius 3 is 2.52 bits per heavy atom. The van der Waals surface area contributed by atoms with Gasteiger partial charge in [-0.05, 0) is 108 Å². The number of carbonyl (C=O) groups excluding carboxylic acids is 1. The lowest BCUT2D eigenvalue weighted by atomic mass is 9.95. The van der Waals surface area contributed by atoms with Crippen molar-refractivity contribution in [1.29, 1.82) is 0 Å². The summed E-state index contributed by atoms with van der Waals surface area (Å²) in [5.41, 5.74) is 7.52. The van der Waals surface area contributed by atoms with Gasteiger partial charge in [-0.3, -0.25) is 14.6 Å². The zero-order valence-electron chi connectivity index (χ0n) is 25.7. The SMILES string of the molecule is CCN(c1cc(-c2ccc(CNCCCNC)nc2)cc(C(=O)NCc2c(C)cc(C)[nH]c2=O)c1C)C1CCOCC1. The van der Waals surface area contributed by atoms with Crippen molar-refractivity contribution in [2.75, 3.05) is 44.8 Å². The van der Waals surface area contributed by atoms with Crippen LogP contribution < -0.4 is 26.4 Å². The summed E-state index contributed by atoms with van der Waals surface area (Å²) in [4.78, 5) is 36.2. The Labute approximate surface area is 249 Å². The smallest absolute Gasteiger partial charge is 0.253 e. The molecule has 9 heteroatoms. The van der Waals surface area contributed by atoms with E-state index in [0.717, 1.165) is 91.4 Å². The quantitative estimate of drug-likeness (QED) is 0.229. The van der Waals surface area contributed by atoms with Gasteiger partial charge in [0.25, 0.3) is 11.5 Å². The fourth-order valence-corrected chi connectivity index (χ4v) is 5.69. The van der Waals surface area contributed by atoms with Gasteiger partial charge < -0.3 is 30.6 Å². The normalized spacial score (nSPS) is 13.7. The van der Waals surface area contributed by atoms with Gasteiger partial charge in [0.2, 0.25) is 0 Å². The second kappa shape index (κ2) is 15.1. The minimum absolute atomic E-state index is 0.161. The molecule has 0 atom stereocenters. The zero-order valence-corrected chi connectivity index (χ0v) is 25.7. The van der Waals surface area contributed by atoms with Gasteiger partial charge in [-0.2, -0.15) is 0 Å². The number of anilines is 1. The number of pyridine rings is 2. The summed E-state index contributed by atoms with van der Waals surface area (Å²) >= 11 is 0. The highest BCUT2D eigenvalue weighted by molar-refractivity contribution is 5.99. The summed E-state index contributed by atoms with van der Waals surface area (Å²) in [6, 6.07) is 10.5. The number of amides is 1. The molecular weight excluding hydrogens is 528 g/mol. The maximum Gasteiger partial charge on any atom is 0.253 e. The van der Waals surface area contributed by atoms with Crippen molar-refractivity contribution < 1.29 is 9.53 Å². The Bertz CT molecular complexity index is 1400. The Hall–Kier alpha value is -3.53. The summed E-state index contributed by atoms with van der Waals surface area (Å²) in [7, 11) is 1.96. The maximum atomic E-state index is 13.7. The van der Waals surface area contributed by atoms with E-state index >= 15 is 0 Å². The number of benzene rings is 1. The number of nitrogens with zero attached hydrogens (tertiary/aromatic N) is 2. The standard InChI is InChI=1S/C33H46N6O3/c1-6-39(28-10-14-42-15-11-28)31-18-26(25-8-9-27(36-19-25)20-35-13-7-12-34-5)17-29(24(31)4)32(40)37-21-30-22(2)16-23(3)38-33(30)41/h8-9,16-19,28,34-35H,6-7,10-15,20-21H2,1-5H3,(H,37,40)(H,38,41). The van der Waals surface area contributed by atoms with Crippen LogP contribution in [0.3, 0.4) is 0 Å². The van der Waals surface area contributed by atoms with Crippen molar-refractivity contribution in [2.45, 2.75) is 66.1 Å². The molecule has 3 aromatic rings. The Morgan fingerprint density at radius 1 is 1.07 bits per heavy atom. The molecule has 1 aliphatic heterocycles. The summed E-state index contributed by atoms with van der Waals surface area (Å²) in [5.74, 6) is -0.201. The fourth-order valence-electron chi connectivity index (χ4n) is 5.69. The number of aromatic nitrogens is 2. The number of aryl methyl sites for hydroxylation is 2. The number of hydrogen-bond acceptors (Lipinski definition) is 7. The van der Waals surface area contributed by atoms with E-state index in [9.17, 15) is 9.59 Å². The molecule has 0 spiro atoms. The van der Waals surface area contributed by atoms with Gasteiger partial charge in [0.1, 0.15) is 0 Å². The van der Waals surface area contributed by atoms with Gasteiger partial charge in [-0.15, -0.1) is 0 Å². The van der Waals surface area contributed by atoms with Crippen LogP contribution >= 0.6 is 0 Å². The highest BCUT2D eigenvalue weighted by atomic mass is 16.5. The highest BCUT2D eigenvalue weighted by Crippen LogP contribution is 2.33.